The predicted octanol–water partition coefficient (Wildman–Crippen LogP) is 3.11. The first-order chi connectivity index (χ1) is 9.83. The minimum atomic E-state index is 0.760. The molecule has 0 aliphatic rings. The summed E-state index contributed by atoms with van der Waals surface area (Å²) in [6.45, 7) is 0. The van der Waals surface area contributed by atoms with Crippen molar-refractivity contribution in [3.8, 4) is 5.69 Å². The van der Waals surface area contributed by atoms with Crippen LogP contribution in [0.2, 0.25) is 0 Å². The van der Waals surface area contributed by atoms with E-state index in [1.165, 1.54) is 0 Å². The zero-order chi connectivity index (χ0) is 13.8. The lowest BCUT2D eigenvalue weighted by atomic mass is 10.3. The van der Waals surface area contributed by atoms with Crippen LogP contribution in [0.25, 0.3) is 5.69 Å². The van der Waals surface area contributed by atoms with Crippen LogP contribution in [0, 0.1) is 0 Å². The Morgan fingerprint density at radius 3 is 2.75 bits per heavy atom. The van der Waals surface area contributed by atoms with Gasteiger partial charge in [-0.1, -0.05) is 33.8 Å². The number of pyridine rings is 1. The van der Waals surface area contributed by atoms with Gasteiger partial charge in [0.15, 0.2) is 0 Å². The first-order valence-corrected chi connectivity index (χ1v) is 7.67. The lowest BCUT2D eigenvalue weighted by Crippen LogP contribution is -1.98. The molecule has 7 heteroatoms. The van der Waals surface area contributed by atoms with Crippen LogP contribution in [0.1, 0.15) is 5.56 Å². The summed E-state index contributed by atoms with van der Waals surface area (Å²) in [5.74, 6) is 0.782. The van der Waals surface area contributed by atoms with Crippen LogP contribution in [-0.2, 0) is 5.75 Å². The van der Waals surface area contributed by atoms with Crippen LogP contribution in [0.4, 0.5) is 0 Å². The Labute approximate surface area is 128 Å². The number of halogens is 1. The number of aromatic nitrogens is 5. The van der Waals surface area contributed by atoms with Gasteiger partial charge in [-0.15, -0.1) is 5.10 Å². The molecule has 2 heterocycles. The molecule has 3 aromatic rings. The first-order valence-electron chi connectivity index (χ1n) is 5.89. The van der Waals surface area contributed by atoms with E-state index >= 15 is 0 Å². The Morgan fingerprint density at radius 2 is 2.00 bits per heavy atom. The Balaban J connectivity index is 1.78. The summed E-state index contributed by atoms with van der Waals surface area (Å²) in [5, 5.41) is 12.6. The zero-order valence-corrected chi connectivity index (χ0v) is 12.8. The Bertz CT molecular complexity index is 683. The van der Waals surface area contributed by atoms with Crippen LogP contribution < -0.4 is 0 Å². The van der Waals surface area contributed by atoms with Gasteiger partial charge in [0.1, 0.15) is 0 Å². The lowest BCUT2D eigenvalue weighted by Gasteiger charge is -2.04. The second-order valence-electron chi connectivity index (χ2n) is 4.00. The number of nitrogens with zero attached hydrogens (tertiary/aromatic N) is 5. The summed E-state index contributed by atoms with van der Waals surface area (Å²) in [5.41, 5.74) is 2.08. The predicted molar refractivity (Wildman–Crippen MR) is 80.7 cm³/mol. The molecule has 0 saturated carbocycles. The average Bonchev–Trinajstić information content (AvgIpc) is 2.95. The molecule has 3 rings (SSSR count). The Kier molecular flexibility index (Phi) is 4.08. The SMILES string of the molecule is Brc1ccc(-n2nnnc2SCc2cccnc2)cc1. The smallest absolute Gasteiger partial charge is 0.214 e. The molecule has 0 fully saturated rings. The maximum Gasteiger partial charge on any atom is 0.214 e. The van der Waals surface area contributed by atoms with Gasteiger partial charge in [0.25, 0.3) is 0 Å². The zero-order valence-electron chi connectivity index (χ0n) is 10.3. The van der Waals surface area contributed by atoms with Gasteiger partial charge in [0.2, 0.25) is 5.16 Å². The van der Waals surface area contributed by atoms with E-state index in [-0.39, 0.29) is 0 Å². The average molecular weight is 348 g/mol. The number of hydrogen-bond acceptors (Lipinski definition) is 5. The van der Waals surface area contributed by atoms with Crippen LogP contribution >= 0.6 is 27.7 Å². The van der Waals surface area contributed by atoms with E-state index in [9.17, 15) is 0 Å². The summed E-state index contributed by atoms with van der Waals surface area (Å²) in [6.07, 6.45) is 3.61. The molecule has 2 aromatic heterocycles. The van der Waals surface area contributed by atoms with Crippen molar-refractivity contribution in [2.45, 2.75) is 10.9 Å². The molecule has 1 aromatic carbocycles. The van der Waals surface area contributed by atoms with Gasteiger partial charge in [-0.2, -0.15) is 4.68 Å². The van der Waals surface area contributed by atoms with E-state index in [1.807, 2.05) is 42.6 Å². The number of rotatable bonds is 4. The van der Waals surface area contributed by atoms with Crippen molar-refractivity contribution in [1.29, 1.82) is 0 Å². The molecule has 5 nitrogen and oxygen atoms in total. The Hall–Kier alpha value is -1.73. The maximum absolute atomic E-state index is 4.10. The number of hydrogen-bond donors (Lipinski definition) is 0. The minimum Gasteiger partial charge on any atom is -0.264 e. The maximum atomic E-state index is 4.10. The highest BCUT2D eigenvalue weighted by molar-refractivity contribution is 9.10. The van der Waals surface area contributed by atoms with E-state index in [1.54, 1.807) is 22.6 Å². The quantitative estimate of drug-likeness (QED) is 0.678. The van der Waals surface area contributed by atoms with Crippen molar-refractivity contribution in [1.82, 2.24) is 25.2 Å². The van der Waals surface area contributed by atoms with Crippen LogP contribution in [0.15, 0.2) is 58.4 Å². The third-order valence-electron chi connectivity index (χ3n) is 2.60. The second-order valence-corrected chi connectivity index (χ2v) is 5.86. The van der Waals surface area contributed by atoms with Crippen LogP contribution in [0.5, 0.6) is 0 Å². The molecule has 0 atom stereocenters. The summed E-state index contributed by atoms with van der Waals surface area (Å²) in [7, 11) is 0. The monoisotopic (exact) mass is 347 g/mol. The molecule has 0 aliphatic carbocycles. The fourth-order valence-corrected chi connectivity index (χ4v) is 2.73. The van der Waals surface area contributed by atoms with E-state index in [0.29, 0.717) is 0 Å². The van der Waals surface area contributed by atoms with Crippen molar-refractivity contribution in [3.05, 3.63) is 58.8 Å². The topological polar surface area (TPSA) is 56.5 Å². The molecule has 0 unspecified atom stereocenters. The van der Waals surface area contributed by atoms with Gasteiger partial charge >= 0.3 is 0 Å². The molecule has 0 spiro atoms. The number of benzene rings is 1. The Morgan fingerprint density at radius 1 is 1.15 bits per heavy atom. The molecule has 0 N–H and O–H groups in total. The van der Waals surface area contributed by atoms with Gasteiger partial charge in [0.05, 0.1) is 5.69 Å². The molecule has 0 radical (unpaired) electrons. The van der Waals surface area contributed by atoms with E-state index in [2.05, 4.69) is 36.4 Å². The van der Waals surface area contributed by atoms with Crippen molar-refractivity contribution in [2.75, 3.05) is 0 Å². The van der Waals surface area contributed by atoms with E-state index < -0.39 is 0 Å². The molecule has 100 valence electrons. The van der Waals surface area contributed by atoms with E-state index in [4.69, 9.17) is 0 Å². The fourth-order valence-electron chi connectivity index (χ4n) is 1.64. The summed E-state index contributed by atoms with van der Waals surface area (Å²) < 4.78 is 2.76. The van der Waals surface area contributed by atoms with Crippen LogP contribution in [-0.4, -0.2) is 25.2 Å². The van der Waals surface area contributed by atoms with Gasteiger partial charge in [-0.25, -0.2) is 0 Å². The van der Waals surface area contributed by atoms with E-state index in [0.717, 1.165) is 26.6 Å². The molecule has 0 aliphatic heterocycles. The highest BCUT2D eigenvalue weighted by atomic mass is 79.9. The molecule has 0 bridgehead atoms. The third kappa shape index (κ3) is 3.05. The van der Waals surface area contributed by atoms with Crippen molar-refractivity contribution >= 4 is 27.7 Å². The summed E-state index contributed by atoms with van der Waals surface area (Å²) in [4.78, 5) is 4.10. The fraction of sp³-hybridized carbons (Fsp3) is 0.0769. The second kappa shape index (κ2) is 6.15. The molecule has 0 saturated heterocycles. The standard InChI is InChI=1S/C13H10BrN5S/c14-11-3-5-12(6-4-11)19-13(16-17-18-19)20-9-10-2-1-7-15-8-10/h1-8H,9H2. The molecular weight excluding hydrogens is 338 g/mol. The third-order valence-corrected chi connectivity index (χ3v) is 4.12. The molecular formula is C13H10BrN5S. The van der Waals surface area contributed by atoms with Crippen molar-refractivity contribution < 1.29 is 0 Å². The van der Waals surface area contributed by atoms with Crippen LogP contribution in [0.3, 0.4) is 0 Å². The van der Waals surface area contributed by atoms with Crippen molar-refractivity contribution in [2.24, 2.45) is 0 Å². The highest BCUT2D eigenvalue weighted by Crippen LogP contribution is 2.22. The lowest BCUT2D eigenvalue weighted by molar-refractivity contribution is 0.756. The summed E-state index contributed by atoms with van der Waals surface area (Å²) >= 11 is 5.00. The van der Waals surface area contributed by atoms with Crippen molar-refractivity contribution in [3.63, 3.8) is 0 Å². The van der Waals surface area contributed by atoms with Gasteiger partial charge in [0, 0.05) is 22.6 Å². The highest BCUT2D eigenvalue weighted by Gasteiger charge is 2.09. The molecule has 20 heavy (non-hydrogen) atoms. The first kappa shape index (κ1) is 13.3. The number of tetrazole rings is 1. The van der Waals surface area contributed by atoms with Gasteiger partial charge in [-0.05, 0) is 46.3 Å². The van der Waals surface area contributed by atoms with Gasteiger partial charge in [-0.3, -0.25) is 4.98 Å². The summed E-state index contributed by atoms with van der Waals surface area (Å²) in [6, 6.07) is 11.8. The minimum absolute atomic E-state index is 0.760. The normalized spacial score (nSPS) is 10.7. The largest absolute Gasteiger partial charge is 0.264 e. The molecule has 0 amide bonds. The van der Waals surface area contributed by atoms with Gasteiger partial charge < -0.3 is 0 Å². The number of thioether (sulfide) groups is 1.